The first-order valence-electron chi connectivity index (χ1n) is 24.4. The lowest BCUT2D eigenvalue weighted by Gasteiger charge is -2.50. The number of amides is 2. The van der Waals surface area contributed by atoms with Crippen LogP contribution in [0.25, 0.3) is 0 Å². The summed E-state index contributed by atoms with van der Waals surface area (Å²) in [6, 6.07) is 47.7. The van der Waals surface area contributed by atoms with Gasteiger partial charge in [-0.25, -0.2) is 13.8 Å². The molecule has 378 valence electrons. The molecule has 5 aromatic carbocycles. The number of carbonyl (C=O) groups is 2. The summed E-state index contributed by atoms with van der Waals surface area (Å²) in [7, 11) is 0. The molecule has 5 N–H and O–H groups in total. The second-order valence-corrected chi connectivity index (χ2v) is 17.8. The summed E-state index contributed by atoms with van der Waals surface area (Å²) < 4.78 is 44.0. The van der Waals surface area contributed by atoms with Crippen LogP contribution in [0.1, 0.15) is 76.6 Å². The molecule has 6 atom stereocenters. The summed E-state index contributed by atoms with van der Waals surface area (Å²) in [4.78, 5) is 37.3. The van der Waals surface area contributed by atoms with Crippen molar-refractivity contribution in [3.05, 3.63) is 221 Å². The molecule has 15 heteroatoms. The summed E-state index contributed by atoms with van der Waals surface area (Å²) in [6.07, 6.45) is 2.94. The lowest BCUT2D eigenvalue weighted by molar-refractivity contribution is -0.126. The summed E-state index contributed by atoms with van der Waals surface area (Å²) in [5.74, 6) is -1.10. The van der Waals surface area contributed by atoms with Gasteiger partial charge in [-0.3, -0.25) is 14.6 Å². The Morgan fingerprint density at radius 2 is 1.29 bits per heavy atom. The molecule has 8 rings (SSSR count). The number of hydrogen-bond acceptors (Lipinski definition) is 11. The van der Waals surface area contributed by atoms with Crippen molar-refractivity contribution >= 4 is 29.0 Å². The Bertz CT molecular complexity index is 2780. The fourth-order valence-corrected chi connectivity index (χ4v) is 9.14. The van der Waals surface area contributed by atoms with Gasteiger partial charge in [-0.2, -0.15) is 0 Å². The highest BCUT2D eigenvalue weighted by molar-refractivity contribution is 5.92. The van der Waals surface area contributed by atoms with Crippen molar-refractivity contribution in [3.63, 3.8) is 0 Å². The molecule has 73 heavy (non-hydrogen) atoms. The Morgan fingerprint density at radius 3 is 1.97 bits per heavy atom. The van der Waals surface area contributed by atoms with Crippen LogP contribution in [0, 0.1) is 17.6 Å². The lowest BCUT2D eigenvalue weighted by Crippen LogP contribution is -2.50. The SMILES string of the molecule is O=C(COCCOCCOCC(=O)Nc1ccccc1C(Nc1ccccn1)C(c1ccccn1)C(O)c1ccccc1)NCc1ccc(C2C(CCC(O)c3ccc(F)cc3)CN2c2ccc(F)cc2)cc1. The number of nitrogens with one attached hydrogen (secondary N) is 3. The molecule has 13 nitrogen and oxygen atoms in total. The van der Waals surface area contributed by atoms with E-state index < -0.39 is 24.2 Å². The van der Waals surface area contributed by atoms with Crippen LogP contribution in [0.15, 0.2) is 176 Å². The molecule has 3 heterocycles. The van der Waals surface area contributed by atoms with Crippen LogP contribution in [0.2, 0.25) is 0 Å². The number of para-hydroxylation sites is 1. The van der Waals surface area contributed by atoms with Gasteiger partial charge in [0.2, 0.25) is 11.8 Å². The van der Waals surface area contributed by atoms with E-state index in [0.717, 1.165) is 29.8 Å². The summed E-state index contributed by atoms with van der Waals surface area (Å²) >= 11 is 0. The number of nitrogens with zero attached hydrogens (tertiary/aromatic N) is 3. The van der Waals surface area contributed by atoms with Gasteiger partial charge in [0, 0.05) is 48.5 Å². The first-order chi connectivity index (χ1) is 35.7. The molecule has 0 bridgehead atoms. The molecule has 0 saturated carbocycles. The minimum absolute atomic E-state index is 0.00469. The first kappa shape index (κ1) is 51.9. The average Bonchev–Trinajstić information content (AvgIpc) is 3.41. The van der Waals surface area contributed by atoms with Gasteiger partial charge in [-0.15, -0.1) is 0 Å². The predicted octanol–water partition coefficient (Wildman–Crippen LogP) is 9.42. The van der Waals surface area contributed by atoms with Crippen LogP contribution in [-0.4, -0.2) is 78.2 Å². The van der Waals surface area contributed by atoms with Crippen LogP contribution >= 0.6 is 0 Å². The molecule has 0 radical (unpaired) electrons. The predicted molar refractivity (Wildman–Crippen MR) is 275 cm³/mol. The molecule has 0 spiro atoms. The third-order valence-electron chi connectivity index (χ3n) is 12.9. The van der Waals surface area contributed by atoms with Gasteiger partial charge in [-0.1, -0.05) is 97.1 Å². The van der Waals surface area contributed by atoms with Gasteiger partial charge in [0.1, 0.15) is 30.7 Å². The van der Waals surface area contributed by atoms with Crippen LogP contribution in [0.3, 0.4) is 0 Å². The van der Waals surface area contributed by atoms with Gasteiger partial charge in [0.05, 0.1) is 56.6 Å². The number of carbonyl (C=O) groups excluding carboxylic acids is 2. The highest BCUT2D eigenvalue weighted by atomic mass is 19.1. The van der Waals surface area contributed by atoms with Crippen molar-refractivity contribution in [2.24, 2.45) is 5.92 Å². The number of halogens is 2. The number of aliphatic hydroxyl groups is 2. The number of benzene rings is 5. The van der Waals surface area contributed by atoms with Crippen LogP contribution in [0.5, 0.6) is 0 Å². The molecule has 1 fully saturated rings. The largest absolute Gasteiger partial charge is 0.388 e. The van der Waals surface area contributed by atoms with E-state index >= 15 is 0 Å². The second-order valence-electron chi connectivity index (χ2n) is 17.8. The molecule has 1 aliphatic rings. The number of hydrogen-bond donors (Lipinski definition) is 5. The minimum atomic E-state index is -0.976. The smallest absolute Gasteiger partial charge is 0.250 e. The third-order valence-corrected chi connectivity index (χ3v) is 12.9. The Labute approximate surface area is 424 Å². The van der Waals surface area contributed by atoms with Crippen molar-refractivity contribution in [1.29, 1.82) is 0 Å². The van der Waals surface area contributed by atoms with Crippen molar-refractivity contribution in [2.45, 2.75) is 49.6 Å². The second kappa shape index (κ2) is 26.3. The van der Waals surface area contributed by atoms with E-state index in [0.29, 0.717) is 46.9 Å². The quantitative estimate of drug-likeness (QED) is 0.0328. The molecule has 2 amide bonds. The Balaban J connectivity index is 0.756. The number of anilines is 3. The topological polar surface area (TPSA) is 167 Å². The van der Waals surface area contributed by atoms with Gasteiger partial charge in [0.25, 0.3) is 0 Å². The molecular weight excluding hydrogens is 931 g/mol. The van der Waals surface area contributed by atoms with E-state index in [4.69, 9.17) is 14.2 Å². The highest BCUT2D eigenvalue weighted by Crippen LogP contribution is 2.46. The summed E-state index contributed by atoms with van der Waals surface area (Å²) in [5, 5.41) is 32.2. The van der Waals surface area contributed by atoms with Gasteiger partial charge in [0.15, 0.2) is 0 Å². The molecule has 0 aliphatic carbocycles. The molecule has 1 aliphatic heterocycles. The maximum atomic E-state index is 13.8. The van der Waals surface area contributed by atoms with Crippen molar-refractivity contribution < 1.29 is 42.8 Å². The maximum Gasteiger partial charge on any atom is 0.250 e. The lowest BCUT2D eigenvalue weighted by atomic mass is 9.79. The zero-order valence-corrected chi connectivity index (χ0v) is 40.3. The third kappa shape index (κ3) is 14.6. The van der Waals surface area contributed by atoms with E-state index in [1.165, 1.54) is 24.3 Å². The van der Waals surface area contributed by atoms with Gasteiger partial charge < -0.3 is 45.3 Å². The maximum absolute atomic E-state index is 13.8. The molecule has 6 unspecified atom stereocenters. The monoisotopic (exact) mass is 990 g/mol. The normalized spacial score (nSPS) is 15.9. The van der Waals surface area contributed by atoms with Crippen molar-refractivity contribution in [3.8, 4) is 0 Å². The Kier molecular flexibility index (Phi) is 18.7. The zero-order valence-electron chi connectivity index (χ0n) is 40.3. The summed E-state index contributed by atoms with van der Waals surface area (Å²) in [6.45, 7) is 1.42. The van der Waals surface area contributed by atoms with Crippen LogP contribution < -0.4 is 20.9 Å². The van der Waals surface area contributed by atoms with Gasteiger partial charge in [-0.05, 0) is 107 Å². The standard InChI is InChI=1S/C58H60F2N6O7/c59-45-23-20-41(21-24-45)51(67)29-22-44-37-66(47-27-25-46(60)26-28-47)57(44)42-18-16-40(17-19-42)36-63-53(68)38-72-34-32-71-33-35-73-39-54(69)64-49-13-5-4-12-48(49)56(65-52-15-7-9-31-62-52)55(50-14-6-8-30-61-50)58(70)43-10-2-1-3-11-43/h1-21,23-28,30-31,44,51,55-58,67,70H,22,29,32-39H2,(H,62,65)(H,63,68)(H,64,69). The Hall–Kier alpha value is -7.40. The number of pyridine rings is 2. The average molecular weight is 991 g/mol. The van der Waals surface area contributed by atoms with Gasteiger partial charge >= 0.3 is 0 Å². The van der Waals surface area contributed by atoms with Crippen molar-refractivity contribution in [2.75, 3.05) is 61.7 Å². The minimum Gasteiger partial charge on any atom is -0.388 e. The fourth-order valence-electron chi connectivity index (χ4n) is 9.14. The van der Waals surface area contributed by atoms with E-state index in [-0.39, 0.29) is 75.0 Å². The molecular formula is C58H60F2N6O7. The Morgan fingerprint density at radius 1 is 0.658 bits per heavy atom. The van der Waals surface area contributed by atoms with Crippen LogP contribution in [0.4, 0.5) is 26.0 Å². The molecule has 2 aromatic heterocycles. The van der Waals surface area contributed by atoms with E-state index in [1.807, 2.05) is 109 Å². The summed E-state index contributed by atoms with van der Waals surface area (Å²) in [5.41, 5.74) is 6.16. The van der Waals surface area contributed by atoms with E-state index in [1.54, 1.807) is 42.7 Å². The molecule has 1 saturated heterocycles. The fraction of sp³-hybridized carbons (Fsp3) is 0.276. The number of rotatable bonds is 26. The van der Waals surface area contributed by atoms with E-state index in [9.17, 15) is 28.6 Å². The van der Waals surface area contributed by atoms with Crippen LogP contribution in [-0.2, 0) is 30.3 Å². The first-order valence-corrected chi connectivity index (χ1v) is 24.4. The number of aliphatic hydroxyl groups excluding tert-OH is 2. The van der Waals surface area contributed by atoms with E-state index in [2.05, 4.69) is 30.8 Å². The van der Waals surface area contributed by atoms with Crippen molar-refractivity contribution in [1.82, 2.24) is 15.3 Å². The number of aromatic nitrogens is 2. The highest BCUT2D eigenvalue weighted by Gasteiger charge is 2.40. The zero-order chi connectivity index (χ0) is 50.8. The number of ether oxygens (including phenoxy) is 3. The molecule has 7 aromatic rings.